The smallest absolute Gasteiger partial charge is 0.449 e. The molecule has 2 heterocycles. The van der Waals surface area contributed by atoms with Crippen LogP contribution in [-0.4, -0.2) is 31.0 Å². The van der Waals surface area contributed by atoms with Gasteiger partial charge in [-0.25, -0.2) is 19.4 Å². The number of carboxylic acid groups (broad SMARTS) is 1. The maximum absolute atomic E-state index is 10.9. The van der Waals surface area contributed by atoms with Gasteiger partial charge in [-0.3, -0.25) is 0 Å². The average molecular weight is 423 g/mol. The minimum Gasteiger partial charge on any atom is -0.449 e. The van der Waals surface area contributed by atoms with Crippen LogP contribution in [0.2, 0.25) is 0 Å². The van der Waals surface area contributed by atoms with Crippen LogP contribution in [-0.2, 0) is 19.4 Å². The molecule has 0 unspecified atom stereocenters. The summed E-state index contributed by atoms with van der Waals surface area (Å²) < 4.78 is 6.82. The second-order valence-electron chi connectivity index (χ2n) is 8.06. The Morgan fingerprint density at radius 2 is 1.94 bits per heavy atom. The van der Waals surface area contributed by atoms with E-state index < -0.39 is 6.16 Å². The van der Waals surface area contributed by atoms with E-state index in [1.165, 1.54) is 6.20 Å². The molecule has 0 aliphatic rings. The summed E-state index contributed by atoms with van der Waals surface area (Å²) in [5, 5.41) is 13.7. The minimum absolute atomic E-state index is 0.0793. The summed E-state index contributed by atoms with van der Waals surface area (Å²) in [5.41, 5.74) is 2.58. The van der Waals surface area contributed by atoms with Gasteiger partial charge in [-0.05, 0) is 42.0 Å². The van der Waals surface area contributed by atoms with Gasteiger partial charge in [-0.2, -0.15) is 5.10 Å². The lowest BCUT2D eigenvalue weighted by Gasteiger charge is -2.09. The SMILES string of the molecule is CCCCc1nc(CCC(C)C)nn1Cc1ccc(-c2cccnc2OC(=O)O)cc1. The van der Waals surface area contributed by atoms with Crippen LogP contribution in [0.5, 0.6) is 5.88 Å². The highest BCUT2D eigenvalue weighted by atomic mass is 16.7. The summed E-state index contributed by atoms with van der Waals surface area (Å²) in [6, 6.07) is 11.5. The second kappa shape index (κ2) is 10.7. The van der Waals surface area contributed by atoms with Crippen molar-refractivity contribution in [2.75, 3.05) is 0 Å². The Labute approximate surface area is 183 Å². The molecule has 3 aromatic rings. The number of unbranched alkanes of at least 4 members (excludes halogenated alkanes) is 1. The Kier molecular flexibility index (Phi) is 7.76. The topological polar surface area (TPSA) is 90.1 Å². The zero-order valence-electron chi connectivity index (χ0n) is 18.4. The molecule has 0 saturated heterocycles. The molecule has 164 valence electrons. The van der Waals surface area contributed by atoms with Crippen molar-refractivity contribution < 1.29 is 14.6 Å². The molecule has 0 atom stereocenters. The zero-order chi connectivity index (χ0) is 22.2. The van der Waals surface area contributed by atoms with Crippen LogP contribution in [0.3, 0.4) is 0 Å². The van der Waals surface area contributed by atoms with Crippen molar-refractivity contribution in [1.29, 1.82) is 0 Å². The molecular formula is C24H30N4O3. The Morgan fingerprint density at radius 1 is 1.16 bits per heavy atom. The summed E-state index contributed by atoms with van der Waals surface area (Å²) >= 11 is 0. The predicted octanol–water partition coefficient (Wildman–Crippen LogP) is 5.38. The zero-order valence-corrected chi connectivity index (χ0v) is 18.4. The number of hydrogen-bond acceptors (Lipinski definition) is 5. The molecule has 7 nitrogen and oxygen atoms in total. The fraction of sp³-hybridized carbons (Fsp3) is 0.417. The van der Waals surface area contributed by atoms with Crippen LogP contribution in [0, 0.1) is 5.92 Å². The highest BCUT2D eigenvalue weighted by Gasteiger charge is 2.13. The van der Waals surface area contributed by atoms with Gasteiger partial charge in [0, 0.05) is 24.6 Å². The molecule has 0 amide bonds. The molecule has 0 fully saturated rings. The van der Waals surface area contributed by atoms with Crippen molar-refractivity contribution in [3.63, 3.8) is 0 Å². The van der Waals surface area contributed by atoms with Crippen molar-refractivity contribution in [3.8, 4) is 17.0 Å². The molecule has 0 bridgehead atoms. The van der Waals surface area contributed by atoms with E-state index in [4.69, 9.17) is 19.9 Å². The highest BCUT2D eigenvalue weighted by Crippen LogP contribution is 2.28. The number of aromatic nitrogens is 4. The van der Waals surface area contributed by atoms with Gasteiger partial charge < -0.3 is 9.84 Å². The third-order valence-corrected chi connectivity index (χ3v) is 5.04. The Bertz CT molecular complexity index is 996. The number of benzene rings is 1. The highest BCUT2D eigenvalue weighted by molar-refractivity contribution is 5.72. The summed E-state index contributed by atoms with van der Waals surface area (Å²) in [4.78, 5) is 19.7. The number of hydrogen-bond donors (Lipinski definition) is 1. The number of rotatable bonds is 10. The third-order valence-electron chi connectivity index (χ3n) is 5.04. The average Bonchev–Trinajstić information content (AvgIpc) is 3.13. The Morgan fingerprint density at radius 3 is 2.61 bits per heavy atom. The quantitative estimate of drug-likeness (QED) is 0.441. The van der Waals surface area contributed by atoms with Gasteiger partial charge >= 0.3 is 6.16 Å². The summed E-state index contributed by atoms with van der Waals surface area (Å²) in [5.74, 6) is 2.66. The Balaban J connectivity index is 1.78. The second-order valence-corrected chi connectivity index (χ2v) is 8.06. The maximum Gasteiger partial charge on any atom is 0.512 e. The number of aryl methyl sites for hydroxylation is 2. The third kappa shape index (κ3) is 6.38. The molecule has 1 aromatic carbocycles. The first-order chi connectivity index (χ1) is 15.0. The number of ether oxygens (including phenoxy) is 1. The lowest BCUT2D eigenvalue weighted by Crippen LogP contribution is -2.07. The van der Waals surface area contributed by atoms with E-state index in [-0.39, 0.29) is 5.88 Å². The van der Waals surface area contributed by atoms with Gasteiger partial charge in [0.05, 0.1) is 6.54 Å². The van der Waals surface area contributed by atoms with E-state index in [1.807, 2.05) is 28.9 Å². The van der Waals surface area contributed by atoms with E-state index >= 15 is 0 Å². The fourth-order valence-corrected chi connectivity index (χ4v) is 3.33. The van der Waals surface area contributed by atoms with E-state index in [1.54, 1.807) is 12.1 Å². The van der Waals surface area contributed by atoms with E-state index in [2.05, 4.69) is 25.8 Å². The lowest BCUT2D eigenvalue weighted by molar-refractivity contribution is 0.143. The van der Waals surface area contributed by atoms with Crippen LogP contribution < -0.4 is 4.74 Å². The van der Waals surface area contributed by atoms with Gasteiger partial charge in [0.1, 0.15) is 5.82 Å². The monoisotopic (exact) mass is 422 g/mol. The molecule has 31 heavy (non-hydrogen) atoms. The number of pyridine rings is 1. The van der Waals surface area contributed by atoms with Gasteiger partial charge in [0.2, 0.25) is 5.88 Å². The number of carbonyl (C=O) groups is 1. The molecule has 2 aromatic heterocycles. The van der Waals surface area contributed by atoms with E-state index in [0.29, 0.717) is 18.0 Å². The predicted molar refractivity (Wildman–Crippen MR) is 119 cm³/mol. The van der Waals surface area contributed by atoms with E-state index in [0.717, 1.165) is 54.9 Å². The first-order valence-corrected chi connectivity index (χ1v) is 10.8. The molecule has 0 radical (unpaired) electrons. The normalized spacial score (nSPS) is 11.1. The Hall–Kier alpha value is -3.22. The standard InChI is InChI=1S/C24H30N4O3/c1-4-5-8-22-26-21(14-9-17(2)3)27-28(22)16-18-10-12-19(13-11-18)20-7-6-15-25-23(20)31-24(29)30/h6-7,10-13,15,17H,4-5,8-9,14,16H2,1-3H3,(H,29,30). The fourth-order valence-electron chi connectivity index (χ4n) is 3.33. The molecule has 0 aliphatic heterocycles. The molecule has 1 N–H and O–H groups in total. The van der Waals surface area contributed by atoms with Crippen LogP contribution >= 0.6 is 0 Å². The first kappa shape index (κ1) is 22.5. The van der Waals surface area contributed by atoms with Gasteiger partial charge in [0.25, 0.3) is 0 Å². The van der Waals surface area contributed by atoms with Crippen molar-refractivity contribution in [2.24, 2.45) is 5.92 Å². The molecular weight excluding hydrogens is 392 g/mol. The lowest BCUT2D eigenvalue weighted by atomic mass is 10.1. The van der Waals surface area contributed by atoms with Crippen LogP contribution in [0.15, 0.2) is 42.6 Å². The van der Waals surface area contributed by atoms with Crippen molar-refractivity contribution in [3.05, 3.63) is 59.8 Å². The molecule has 0 saturated carbocycles. The summed E-state index contributed by atoms with van der Waals surface area (Å²) in [6.07, 6.45) is 5.25. The van der Waals surface area contributed by atoms with Crippen molar-refractivity contribution in [2.45, 2.75) is 59.4 Å². The maximum atomic E-state index is 10.9. The number of nitrogens with zero attached hydrogens (tertiary/aromatic N) is 4. The summed E-state index contributed by atoms with van der Waals surface area (Å²) in [6.45, 7) is 7.26. The van der Waals surface area contributed by atoms with Crippen molar-refractivity contribution in [1.82, 2.24) is 19.7 Å². The molecule has 3 rings (SSSR count). The van der Waals surface area contributed by atoms with E-state index in [9.17, 15) is 4.79 Å². The first-order valence-electron chi connectivity index (χ1n) is 10.8. The minimum atomic E-state index is -1.38. The van der Waals surface area contributed by atoms with Crippen molar-refractivity contribution >= 4 is 6.16 Å². The van der Waals surface area contributed by atoms with Gasteiger partial charge in [-0.1, -0.05) is 51.5 Å². The van der Waals surface area contributed by atoms with Crippen LogP contribution in [0.25, 0.3) is 11.1 Å². The largest absolute Gasteiger partial charge is 0.512 e. The van der Waals surface area contributed by atoms with Crippen LogP contribution in [0.4, 0.5) is 4.79 Å². The molecule has 0 spiro atoms. The summed E-state index contributed by atoms with van der Waals surface area (Å²) in [7, 11) is 0. The van der Waals surface area contributed by atoms with Crippen LogP contribution in [0.1, 0.15) is 57.2 Å². The van der Waals surface area contributed by atoms with Gasteiger partial charge in [-0.15, -0.1) is 0 Å². The van der Waals surface area contributed by atoms with Gasteiger partial charge in [0.15, 0.2) is 5.82 Å². The molecule has 0 aliphatic carbocycles. The molecule has 7 heteroatoms.